The molecule has 1 fully saturated rings. The molecular formula is C19H19ClN2O3. The Morgan fingerprint density at radius 2 is 2.08 bits per heavy atom. The molecule has 0 spiro atoms. The highest BCUT2D eigenvalue weighted by Crippen LogP contribution is 2.27. The molecule has 2 aromatic rings. The van der Waals surface area contributed by atoms with Gasteiger partial charge < -0.3 is 15.0 Å². The van der Waals surface area contributed by atoms with E-state index in [9.17, 15) is 9.59 Å². The lowest BCUT2D eigenvalue weighted by Gasteiger charge is -2.17. The average molecular weight is 359 g/mol. The Kier molecular flexibility index (Phi) is 5.24. The van der Waals surface area contributed by atoms with E-state index in [0.29, 0.717) is 18.1 Å². The highest BCUT2D eigenvalue weighted by atomic mass is 35.5. The van der Waals surface area contributed by atoms with Crippen LogP contribution >= 0.6 is 11.6 Å². The summed E-state index contributed by atoms with van der Waals surface area (Å²) in [4.78, 5) is 26.3. The number of hydrogen-bond acceptors (Lipinski definition) is 3. The molecule has 1 heterocycles. The van der Waals surface area contributed by atoms with E-state index in [1.54, 1.807) is 30.2 Å². The maximum atomic E-state index is 12.4. The molecule has 2 amide bonds. The Bertz CT molecular complexity index is 794. The van der Waals surface area contributed by atoms with Crippen LogP contribution in [0, 0.1) is 5.92 Å². The first kappa shape index (κ1) is 17.3. The van der Waals surface area contributed by atoms with Crippen molar-refractivity contribution < 1.29 is 14.3 Å². The van der Waals surface area contributed by atoms with Crippen molar-refractivity contribution in [3.05, 3.63) is 59.1 Å². The van der Waals surface area contributed by atoms with Gasteiger partial charge in [-0.15, -0.1) is 0 Å². The number of ether oxygens (including phenoxy) is 1. The molecule has 1 saturated heterocycles. The van der Waals surface area contributed by atoms with Crippen LogP contribution in [-0.2, 0) is 16.1 Å². The normalized spacial score (nSPS) is 16.8. The molecule has 1 aliphatic heterocycles. The second-order valence-electron chi connectivity index (χ2n) is 5.95. The first-order chi connectivity index (χ1) is 12.1. The fraction of sp³-hybridized carbons (Fsp3) is 0.263. The van der Waals surface area contributed by atoms with Crippen molar-refractivity contribution in [3.8, 4) is 5.75 Å². The van der Waals surface area contributed by atoms with Crippen LogP contribution in [0.4, 0.5) is 5.69 Å². The van der Waals surface area contributed by atoms with Gasteiger partial charge in [0.05, 0.1) is 13.0 Å². The van der Waals surface area contributed by atoms with E-state index < -0.39 is 0 Å². The SMILES string of the molecule is COc1cccc(CNC(=O)[C@@H]2CC(=O)N(c3cccc(Cl)c3)C2)c1. The number of benzene rings is 2. The van der Waals surface area contributed by atoms with Crippen molar-refractivity contribution in [3.63, 3.8) is 0 Å². The van der Waals surface area contributed by atoms with E-state index in [4.69, 9.17) is 16.3 Å². The zero-order valence-corrected chi connectivity index (χ0v) is 14.6. The monoisotopic (exact) mass is 358 g/mol. The first-order valence-electron chi connectivity index (χ1n) is 8.03. The van der Waals surface area contributed by atoms with Crippen LogP contribution in [0.3, 0.4) is 0 Å². The third-order valence-electron chi connectivity index (χ3n) is 4.22. The number of hydrogen-bond donors (Lipinski definition) is 1. The van der Waals surface area contributed by atoms with E-state index in [1.165, 1.54) is 0 Å². The van der Waals surface area contributed by atoms with Gasteiger partial charge in [-0.2, -0.15) is 0 Å². The number of methoxy groups -OCH3 is 1. The summed E-state index contributed by atoms with van der Waals surface area (Å²) < 4.78 is 5.17. The van der Waals surface area contributed by atoms with Crippen molar-refractivity contribution in [2.45, 2.75) is 13.0 Å². The van der Waals surface area contributed by atoms with Gasteiger partial charge in [0.1, 0.15) is 5.75 Å². The fourth-order valence-electron chi connectivity index (χ4n) is 2.89. The predicted molar refractivity (Wildman–Crippen MR) is 96.8 cm³/mol. The van der Waals surface area contributed by atoms with E-state index >= 15 is 0 Å². The molecule has 0 bridgehead atoms. The third-order valence-corrected chi connectivity index (χ3v) is 4.45. The fourth-order valence-corrected chi connectivity index (χ4v) is 3.08. The van der Waals surface area contributed by atoms with E-state index in [-0.39, 0.29) is 24.2 Å². The van der Waals surface area contributed by atoms with Crippen LogP contribution in [0.25, 0.3) is 0 Å². The minimum Gasteiger partial charge on any atom is -0.497 e. The second-order valence-corrected chi connectivity index (χ2v) is 6.39. The second kappa shape index (κ2) is 7.57. The number of rotatable bonds is 5. The smallest absolute Gasteiger partial charge is 0.227 e. The number of carbonyl (C=O) groups is 2. The van der Waals surface area contributed by atoms with Crippen molar-refractivity contribution in [1.82, 2.24) is 5.32 Å². The van der Waals surface area contributed by atoms with Gasteiger partial charge in [0, 0.05) is 30.2 Å². The maximum Gasteiger partial charge on any atom is 0.227 e. The number of amides is 2. The molecule has 25 heavy (non-hydrogen) atoms. The Morgan fingerprint density at radius 1 is 1.28 bits per heavy atom. The summed E-state index contributed by atoms with van der Waals surface area (Å²) in [6.07, 6.45) is 0.205. The van der Waals surface area contributed by atoms with Gasteiger partial charge in [-0.25, -0.2) is 0 Å². The topological polar surface area (TPSA) is 58.6 Å². The largest absolute Gasteiger partial charge is 0.497 e. The van der Waals surface area contributed by atoms with Crippen LogP contribution < -0.4 is 15.0 Å². The molecule has 0 unspecified atom stereocenters. The van der Waals surface area contributed by atoms with Gasteiger partial charge in [0.2, 0.25) is 11.8 Å². The molecule has 0 radical (unpaired) electrons. The molecule has 5 nitrogen and oxygen atoms in total. The average Bonchev–Trinajstić information content (AvgIpc) is 3.02. The Morgan fingerprint density at radius 3 is 2.84 bits per heavy atom. The van der Waals surface area contributed by atoms with E-state index in [0.717, 1.165) is 17.0 Å². The summed E-state index contributed by atoms with van der Waals surface area (Å²) in [5, 5.41) is 3.46. The minimum absolute atomic E-state index is 0.0659. The summed E-state index contributed by atoms with van der Waals surface area (Å²) in [5.74, 6) is 0.191. The van der Waals surface area contributed by atoms with Gasteiger partial charge in [0.25, 0.3) is 0 Å². The molecule has 3 rings (SSSR count). The van der Waals surface area contributed by atoms with Crippen LogP contribution in [-0.4, -0.2) is 25.5 Å². The predicted octanol–water partition coefficient (Wildman–Crippen LogP) is 3.02. The Labute approximate surface area is 151 Å². The summed E-state index contributed by atoms with van der Waals surface area (Å²) in [7, 11) is 1.60. The number of nitrogens with one attached hydrogen (secondary N) is 1. The lowest BCUT2D eigenvalue weighted by molar-refractivity contribution is -0.126. The summed E-state index contributed by atoms with van der Waals surface area (Å²) in [6, 6.07) is 14.6. The molecule has 0 aliphatic carbocycles. The van der Waals surface area contributed by atoms with E-state index in [2.05, 4.69) is 5.32 Å². The molecule has 2 aromatic carbocycles. The minimum atomic E-state index is -0.364. The number of anilines is 1. The lowest BCUT2D eigenvalue weighted by Crippen LogP contribution is -2.32. The van der Waals surface area contributed by atoms with Crippen molar-refractivity contribution in [2.24, 2.45) is 5.92 Å². The lowest BCUT2D eigenvalue weighted by atomic mass is 10.1. The maximum absolute atomic E-state index is 12.4. The number of nitrogens with zero attached hydrogens (tertiary/aromatic N) is 1. The first-order valence-corrected chi connectivity index (χ1v) is 8.41. The van der Waals surface area contributed by atoms with Gasteiger partial charge in [-0.3, -0.25) is 9.59 Å². The number of carbonyl (C=O) groups excluding carboxylic acids is 2. The zero-order chi connectivity index (χ0) is 17.8. The van der Waals surface area contributed by atoms with Gasteiger partial charge in [-0.05, 0) is 35.9 Å². The molecule has 0 saturated carbocycles. The van der Waals surface area contributed by atoms with Crippen LogP contribution in [0.15, 0.2) is 48.5 Å². The van der Waals surface area contributed by atoms with Crippen molar-refractivity contribution in [2.75, 3.05) is 18.6 Å². The third kappa shape index (κ3) is 4.12. The summed E-state index contributed by atoms with van der Waals surface area (Å²) >= 11 is 5.98. The Hall–Kier alpha value is -2.53. The molecule has 1 N–H and O–H groups in total. The quantitative estimate of drug-likeness (QED) is 0.893. The molecule has 130 valence electrons. The van der Waals surface area contributed by atoms with Crippen molar-refractivity contribution >= 4 is 29.1 Å². The standard InChI is InChI=1S/C19H19ClN2O3/c1-25-17-7-2-4-13(8-17)11-21-19(24)14-9-18(23)22(12-14)16-6-3-5-15(20)10-16/h2-8,10,14H,9,11-12H2,1H3,(H,21,24)/t14-/m1/s1. The molecule has 1 aliphatic rings. The highest BCUT2D eigenvalue weighted by Gasteiger charge is 2.35. The van der Waals surface area contributed by atoms with Gasteiger partial charge in [-0.1, -0.05) is 29.8 Å². The van der Waals surface area contributed by atoms with Gasteiger partial charge in [0.15, 0.2) is 0 Å². The highest BCUT2D eigenvalue weighted by molar-refractivity contribution is 6.30. The summed E-state index contributed by atoms with van der Waals surface area (Å²) in [5.41, 5.74) is 1.67. The van der Waals surface area contributed by atoms with Crippen LogP contribution in [0.5, 0.6) is 5.75 Å². The molecule has 6 heteroatoms. The molecular weight excluding hydrogens is 340 g/mol. The summed E-state index contributed by atoms with van der Waals surface area (Å²) in [6.45, 7) is 0.765. The van der Waals surface area contributed by atoms with Crippen LogP contribution in [0.1, 0.15) is 12.0 Å². The molecule has 0 aromatic heterocycles. The Balaban J connectivity index is 1.61. The van der Waals surface area contributed by atoms with Crippen molar-refractivity contribution in [1.29, 1.82) is 0 Å². The van der Waals surface area contributed by atoms with Crippen LogP contribution in [0.2, 0.25) is 5.02 Å². The van der Waals surface area contributed by atoms with Gasteiger partial charge >= 0.3 is 0 Å². The van der Waals surface area contributed by atoms with E-state index in [1.807, 2.05) is 30.3 Å². The number of halogens is 1. The molecule has 1 atom stereocenters. The zero-order valence-electron chi connectivity index (χ0n) is 13.9.